The van der Waals surface area contributed by atoms with E-state index in [4.69, 9.17) is 0 Å². The SMILES string of the molecule is O=S(=O)([O-])Nc1ccc(F)cc1F.[Na+]. The zero-order valence-corrected chi connectivity index (χ0v) is 9.94. The topological polar surface area (TPSA) is 69.2 Å². The second-order valence-electron chi connectivity index (χ2n) is 2.18. The van der Waals surface area contributed by atoms with Gasteiger partial charge in [-0.1, -0.05) is 0 Å². The molecular weight excluding hydrogens is 227 g/mol. The van der Waals surface area contributed by atoms with Crippen LogP contribution in [0.2, 0.25) is 0 Å². The summed E-state index contributed by atoms with van der Waals surface area (Å²) in [7, 11) is -4.77. The summed E-state index contributed by atoms with van der Waals surface area (Å²) < 4.78 is 56.6. The van der Waals surface area contributed by atoms with Crippen LogP contribution in [0.4, 0.5) is 14.5 Å². The van der Waals surface area contributed by atoms with Crippen molar-refractivity contribution in [2.24, 2.45) is 0 Å². The summed E-state index contributed by atoms with van der Waals surface area (Å²) in [6, 6.07) is 2.12. The van der Waals surface area contributed by atoms with Gasteiger partial charge in [-0.3, -0.25) is 4.72 Å². The predicted octanol–water partition coefficient (Wildman–Crippen LogP) is -2.16. The van der Waals surface area contributed by atoms with Gasteiger partial charge in [0.25, 0.3) is 0 Å². The molecule has 0 heterocycles. The zero-order valence-electron chi connectivity index (χ0n) is 7.12. The third-order valence-electron chi connectivity index (χ3n) is 1.17. The molecule has 0 aliphatic heterocycles. The Hall–Kier alpha value is -0.210. The molecule has 0 aliphatic carbocycles. The molecule has 0 bridgehead atoms. The fourth-order valence-corrected chi connectivity index (χ4v) is 1.14. The molecule has 1 rings (SSSR count). The first-order valence-corrected chi connectivity index (χ1v) is 4.48. The van der Waals surface area contributed by atoms with E-state index in [1.165, 1.54) is 4.72 Å². The van der Waals surface area contributed by atoms with Crippen molar-refractivity contribution < 1.29 is 51.3 Å². The second-order valence-corrected chi connectivity index (χ2v) is 3.29. The Morgan fingerprint density at radius 1 is 1.29 bits per heavy atom. The van der Waals surface area contributed by atoms with E-state index in [0.29, 0.717) is 6.07 Å². The second kappa shape index (κ2) is 5.04. The molecule has 8 heteroatoms. The third-order valence-corrected chi connectivity index (χ3v) is 1.64. The van der Waals surface area contributed by atoms with Gasteiger partial charge < -0.3 is 4.55 Å². The van der Waals surface area contributed by atoms with Crippen LogP contribution in [0.25, 0.3) is 0 Å². The summed E-state index contributed by atoms with van der Waals surface area (Å²) in [5.74, 6) is -1.99. The van der Waals surface area contributed by atoms with Crippen LogP contribution in [0, 0.1) is 11.6 Å². The summed E-state index contributed by atoms with van der Waals surface area (Å²) in [6.07, 6.45) is 0. The van der Waals surface area contributed by atoms with Crippen molar-refractivity contribution in [2.45, 2.75) is 0 Å². The van der Waals surface area contributed by atoms with Gasteiger partial charge in [0.1, 0.15) is 11.6 Å². The van der Waals surface area contributed by atoms with E-state index in [-0.39, 0.29) is 29.6 Å². The van der Waals surface area contributed by atoms with Gasteiger partial charge in [-0.25, -0.2) is 17.2 Å². The molecule has 0 atom stereocenters. The molecule has 0 aromatic heterocycles. The summed E-state index contributed by atoms with van der Waals surface area (Å²) >= 11 is 0. The van der Waals surface area contributed by atoms with Gasteiger partial charge in [-0.05, 0) is 12.1 Å². The Balaban J connectivity index is 0.00000169. The van der Waals surface area contributed by atoms with Crippen molar-refractivity contribution in [3.63, 3.8) is 0 Å². The summed E-state index contributed by atoms with van der Waals surface area (Å²) in [6.45, 7) is 0. The summed E-state index contributed by atoms with van der Waals surface area (Å²) in [5, 5.41) is 0. The van der Waals surface area contributed by atoms with Gasteiger partial charge in [-0.2, -0.15) is 0 Å². The predicted molar refractivity (Wildman–Crippen MR) is 39.7 cm³/mol. The van der Waals surface area contributed by atoms with Crippen LogP contribution in [-0.4, -0.2) is 13.0 Å². The quantitative estimate of drug-likeness (QED) is 0.465. The molecule has 1 aromatic rings. The molecule has 72 valence electrons. The van der Waals surface area contributed by atoms with Gasteiger partial charge in [0, 0.05) is 6.07 Å². The average molecular weight is 231 g/mol. The minimum absolute atomic E-state index is 0. The largest absolute Gasteiger partial charge is 1.00 e. The van der Waals surface area contributed by atoms with E-state index in [0.717, 1.165) is 12.1 Å². The van der Waals surface area contributed by atoms with E-state index in [1.54, 1.807) is 0 Å². The van der Waals surface area contributed by atoms with Crippen molar-refractivity contribution in [2.75, 3.05) is 4.72 Å². The average Bonchev–Trinajstić information content (AvgIpc) is 1.93. The first kappa shape index (κ1) is 13.8. The number of nitrogens with one attached hydrogen (secondary N) is 1. The Bertz CT molecular complexity index is 423. The minimum atomic E-state index is -4.77. The summed E-state index contributed by atoms with van der Waals surface area (Å²) in [4.78, 5) is 0. The molecule has 0 saturated carbocycles. The van der Waals surface area contributed by atoms with Gasteiger partial charge in [0.15, 0.2) is 10.3 Å². The maximum absolute atomic E-state index is 12.7. The number of anilines is 1. The van der Waals surface area contributed by atoms with Gasteiger partial charge in [0.05, 0.1) is 5.69 Å². The van der Waals surface area contributed by atoms with E-state index < -0.39 is 27.6 Å². The first-order chi connectivity index (χ1) is 5.88. The van der Waals surface area contributed by atoms with Crippen molar-refractivity contribution in [3.05, 3.63) is 29.8 Å². The maximum atomic E-state index is 12.7. The Labute approximate surface area is 101 Å². The Morgan fingerprint density at radius 3 is 2.29 bits per heavy atom. The number of hydrogen-bond donors (Lipinski definition) is 1. The molecule has 0 radical (unpaired) electrons. The van der Waals surface area contributed by atoms with Gasteiger partial charge in [0.2, 0.25) is 0 Å². The van der Waals surface area contributed by atoms with Gasteiger partial charge >= 0.3 is 29.6 Å². The molecule has 0 amide bonds. The van der Waals surface area contributed by atoms with E-state index in [1.807, 2.05) is 0 Å². The summed E-state index contributed by atoms with van der Waals surface area (Å²) in [5.41, 5.74) is -0.573. The van der Waals surface area contributed by atoms with Crippen molar-refractivity contribution in [3.8, 4) is 0 Å². The molecule has 0 fully saturated rings. The number of rotatable bonds is 2. The van der Waals surface area contributed by atoms with Gasteiger partial charge in [-0.15, -0.1) is 0 Å². The fraction of sp³-hybridized carbons (Fsp3) is 0. The van der Waals surface area contributed by atoms with Crippen LogP contribution in [-0.2, 0) is 10.3 Å². The van der Waals surface area contributed by atoms with Crippen LogP contribution in [0.5, 0.6) is 0 Å². The van der Waals surface area contributed by atoms with Crippen LogP contribution >= 0.6 is 0 Å². The van der Waals surface area contributed by atoms with E-state index in [2.05, 4.69) is 0 Å². The number of halogens is 2. The monoisotopic (exact) mass is 231 g/mol. The molecule has 14 heavy (non-hydrogen) atoms. The normalized spacial score (nSPS) is 10.5. The zero-order chi connectivity index (χ0) is 10.1. The molecule has 0 saturated heterocycles. The van der Waals surface area contributed by atoms with Crippen molar-refractivity contribution >= 4 is 16.0 Å². The molecule has 4 nitrogen and oxygen atoms in total. The van der Waals surface area contributed by atoms with Crippen LogP contribution < -0.4 is 34.3 Å². The molecule has 0 aliphatic rings. The molecule has 0 unspecified atom stereocenters. The van der Waals surface area contributed by atoms with Crippen molar-refractivity contribution in [1.82, 2.24) is 0 Å². The van der Waals surface area contributed by atoms with Crippen LogP contribution in [0.1, 0.15) is 0 Å². The number of hydrogen-bond acceptors (Lipinski definition) is 3. The minimum Gasteiger partial charge on any atom is -0.731 e. The first-order valence-electron chi connectivity index (χ1n) is 3.07. The van der Waals surface area contributed by atoms with E-state index >= 15 is 0 Å². The molecule has 1 N–H and O–H groups in total. The molecular formula is C6H4F2NNaO3S. The standard InChI is InChI=1S/C6H5F2NO3S.Na/c7-4-1-2-6(5(8)3-4)9-13(10,11)12;/h1-3,9H,(H,10,11,12);/q;+1/p-1. The van der Waals surface area contributed by atoms with Crippen LogP contribution in [0.15, 0.2) is 18.2 Å². The third kappa shape index (κ3) is 4.34. The Morgan fingerprint density at radius 2 is 1.86 bits per heavy atom. The fourth-order valence-electron chi connectivity index (χ4n) is 0.707. The molecule has 1 aromatic carbocycles. The maximum Gasteiger partial charge on any atom is 1.00 e. The van der Waals surface area contributed by atoms with E-state index in [9.17, 15) is 21.8 Å². The smallest absolute Gasteiger partial charge is 0.731 e. The van der Waals surface area contributed by atoms with Crippen LogP contribution in [0.3, 0.4) is 0 Å². The Kier molecular flexibility index (Phi) is 4.96. The van der Waals surface area contributed by atoms with Crippen molar-refractivity contribution in [1.29, 1.82) is 0 Å². The molecule has 0 spiro atoms. The number of benzene rings is 1.